The fourth-order valence-corrected chi connectivity index (χ4v) is 5.04. The molecule has 2 heterocycles. The van der Waals surface area contributed by atoms with Gasteiger partial charge >= 0.3 is 0 Å². The number of anilines is 2. The Morgan fingerprint density at radius 2 is 1.97 bits per heavy atom. The van der Waals surface area contributed by atoms with Crippen LogP contribution in [0.2, 0.25) is 5.02 Å². The number of nitrogens with one attached hydrogen (secondary N) is 1. The number of fused-ring (bicyclic) bond motifs is 3. The molecule has 0 atom stereocenters. The van der Waals surface area contributed by atoms with Gasteiger partial charge in [0.25, 0.3) is 10.0 Å². The minimum atomic E-state index is -3.83. The monoisotopic (exact) mass is 482 g/mol. The summed E-state index contributed by atoms with van der Waals surface area (Å²) in [7, 11) is -2.41. The summed E-state index contributed by atoms with van der Waals surface area (Å²) in [5.74, 6) is -2.72. The highest BCUT2D eigenvalue weighted by molar-refractivity contribution is 7.99. The smallest absolute Gasteiger partial charge is 0.267 e. The third-order valence-electron chi connectivity index (χ3n) is 4.46. The quantitative estimate of drug-likeness (QED) is 0.447. The van der Waals surface area contributed by atoms with Gasteiger partial charge in [0, 0.05) is 29.4 Å². The molecule has 0 saturated carbocycles. The van der Waals surface area contributed by atoms with Gasteiger partial charge in [0.15, 0.2) is 16.8 Å². The van der Waals surface area contributed by atoms with E-state index >= 15 is 0 Å². The minimum Gasteiger partial charge on any atom is -0.325 e. The predicted octanol–water partition coefficient (Wildman–Crippen LogP) is 3.94. The maximum absolute atomic E-state index is 13.3. The van der Waals surface area contributed by atoms with Crippen LogP contribution in [0.3, 0.4) is 0 Å². The predicted molar refractivity (Wildman–Crippen MR) is 114 cm³/mol. The summed E-state index contributed by atoms with van der Waals surface area (Å²) in [5.41, 5.74) is 1.24. The SMILES string of the molecule is CN1c2ccc(Cl)cc2-c2nc(SCC(=O)Nc3ccc(F)c(F)c3)ncc2S1(=O)=O. The topological polar surface area (TPSA) is 92.3 Å². The molecule has 1 aliphatic rings. The number of sulfonamides is 1. The van der Waals surface area contributed by atoms with Crippen molar-refractivity contribution in [3.05, 3.63) is 59.3 Å². The fraction of sp³-hybridized carbons (Fsp3) is 0.105. The summed E-state index contributed by atoms with van der Waals surface area (Å²) >= 11 is 7.05. The molecule has 1 aliphatic heterocycles. The highest BCUT2D eigenvalue weighted by atomic mass is 35.5. The van der Waals surface area contributed by atoms with Crippen molar-refractivity contribution >= 4 is 50.7 Å². The lowest BCUT2D eigenvalue weighted by Gasteiger charge is -2.28. The molecule has 7 nitrogen and oxygen atoms in total. The van der Waals surface area contributed by atoms with Crippen LogP contribution in [0.5, 0.6) is 0 Å². The van der Waals surface area contributed by atoms with Gasteiger partial charge in [-0.15, -0.1) is 0 Å². The molecule has 1 N–H and O–H groups in total. The molecule has 0 aliphatic carbocycles. The third-order valence-corrected chi connectivity index (χ3v) is 7.33. The van der Waals surface area contributed by atoms with E-state index in [1.165, 1.54) is 19.3 Å². The van der Waals surface area contributed by atoms with E-state index in [1.54, 1.807) is 18.2 Å². The van der Waals surface area contributed by atoms with Crippen LogP contribution < -0.4 is 9.62 Å². The molecule has 160 valence electrons. The number of hydrogen-bond acceptors (Lipinski definition) is 6. The van der Waals surface area contributed by atoms with Gasteiger partial charge in [-0.2, -0.15) is 0 Å². The number of benzene rings is 2. The number of carbonyl (C=O) groups is 1. The van der Waals surface area contributed by atoms with Gasteiger partial charge in [0.1, 0.15) is 4.90 Å². The van der Waals surface area contributed by atoms with Crippen LogP contribution >= 0.6 is 23.4 Å². The van der Waals surface area contributed by atoms with Gasteiger partial charge in [-0.25, -0.2) is 27.2 Å². The molecule has 1 amide bonds. The average molecular weight is 483 g/mol. The second-order valence-electron chi connectivity index (χ2n) is 6.47. The molecule has 12 heteroatoms. The Hall–Kier alpha value is -2.76. The molecular formula is C19H13ClF2N4O3S2. The Balaban J connectivity index is 1.57. The Labute approximate surface area is 185 Å². The van der Waals surface area contributed by atoms with Crippen molar-refractivity contribution in [3.63, 3.8) is 0 Å². The summed E-state index contributed by atoms with van der Waals surface area (Å²) in [4.78, 5) is 20.4. The maximum atomic E-state index is 13.3. The Bertz CT molecular complexity index is 1320. The highest BCUT2D eigenvalue weighted by Gasteiger charge is 2.34. The minimum absolute atomic E-state index is 0.0691. The lowest BCUT2D eigenvalue weighted by Crippen LogP contribution is -2.31. The highest BCUT2D eigenvalue weighted by Crippen LogP contribution is 2.42. The Morgan fingerprint density at radius 1 is 1.19 bits per heavy atom. The Morgan fingerprint density at radius 3 is 2.71 bits per heavy atom. The van der Waals surface area contributed by atoms with E-state index in [9.17, 15) is 22.0 Å². The first-order valence-electron chi connectivity index (χ1n) is 8.70. The summed E-state index contributed by atoms with van der Waals surface area (Å²) < 4.78 is 52.9. The standard InChI is InChI=1S/C19H13ClF2N4O3S2/c1-26-15-5-2-10(20)6-12(15)18-16(31(26,28)29)8-23-19(25-18)30-9-17(27)24-11-3-4-13(21)14(22)7-11/h2-8H,9H2,1H3,(H,24,27). The van der Waals surface area contributed by atoms with E-state index in [0.717, 1.165) is 28.2 Å². The summed E-state index contributed by atoms with van der Waals surface area (Å²) in [5, 5.41) is 3.03. The van der Waals surface area contributed by atoms with Gasteiger partial charge in [0.2, 0.25) is 5.91 Å². The van der Waals surface area contributed by atoms with Crippen LogP contribution in [0.25, 0.3) is 11.3 Å². The molecule has 0 fully saturated rings. The first-order valence-corrected chi connectivity index (χ1v) is 11.5. The summed E-state index contributed by atoms with van der Waals surface area (Å²) in [6.45, 7) is 0. The summed E-state index contributed by atoms with van der Waals surface area (Å²) in [6, 6.07) is 7.79. The van der Waals surface area contributed by atoms with Gasteiger partial charge in [0.05, 0.1) is 23.3 Å². The van der Waals surface area contributed by atoms with E-state index in [4.69, 9.17) is 11.6 Å². The van der Waals surface area contributed by atoms with Crippen molar-refractivity contribution in [3.8, 4) is 11.3 Å². The van der Waals surface area contributed by atoms with Gasteiger partial charge in [-0.05, 0) is 30.3 Å². The lowest BCUT2D eigenvalue weighted by atomic mass is 10.1. The number of thioether (sulfide) groups is 1. The molecule has 31 heavy (non-hydrogen) atoms. The molecule has 3 aromatic rings. The van der Waals surface area contributed by atoms with Gasteiger partial charge in [-0.3, -0.25) is 9.10 Å². The van der Waals surface area contributed by atoms with Crippen LogP contribution in [-0.2, 0) is 14.8 Å². The first-order chi connectivity index (χ1) is 14.7. The number of carbonyl (C=O) groups excluding carboxylic acids is 1. The molecule has 0 saturated heterocycles. The number of amides is 1. The molecule has 0 radical (unpaired) electrons. The number of aromatic nitrogens is 2. The van der Waals surface area contributed by atoms with Crippen molar-refractivity contribution in [1.29, 1.82) is 0 Å². The van der Waals surface area contributed by atoms with Crippen molar-refractivity contribution in [2.75, 3.05) is 22.4 Å². The lowest BCUT2D eigenvalue weighted by molar-refractivity contribution is -0.113. The maximum Gasteiger partial charge on any atom is 0.267 e. The third kappa shape index (κ3) is 4.08. The number of hydrogen-bond donors (Lipinski definition) is 1. The molecule has 4 rings (SSSR count). The van der Waals surface area contributed by atoms with Crippen LogP contribution in [0.4, 0.5) is 20.2 Å². The van der Waals surface area contributed by atoms with Crippen molar-refractivity contribution in [2.45, 2.75) is 10.1 Å². The molecule has 0 spiro atoms. The summed E-state index contributed by atoms with van der Waals surface area (Å²) in [6.07, 6.45) is 1.19. The van der Waals surface area contributed by atoms with Crippen LogP contribution in [0.15, 0.2) is 52.6 Å². The van der Waals surface area contributed by atoms with Gasteiger partial charge < -0.3 is 5.32 Å². The van der Waals surface area contributed by atoms with E-state index < -0.39 is 27.6 Å². The van der Waals surface area contributed by atoms with Crippen molar-refractivity contribution in [1.82, 2.24) is 9.97 Å². The van der Waals surface area contributed by atoms with E-state index in [2.05, 4.69) is 15.3 Å². The molecule has 0 unspecified atom stereocenters. The fourth-order valence-electron chi connectivity index (χ4n) is 2.96. The average Bonchev–Trinajstić information content (AvgIpc) is 2.73. The molecule has 1 aromatic heterocycles. The largest absolute Gasteiger partial charge is 0.325 e. The van der Waals surface area contributed by atoms with E-state index in [-0.39, 0.29) is 27.2 Å². The Kier molecular flexibility index (Phi) is 5.58. The molecule has 0 bridgehead atoms. The van der Waals surface area contributed by atoms with E-state index in [0.29, 0.717) is 16.3 Å². The van der Waals surface area contributed by atoms with Crippen molar-refractivity contribution in [2.24, 2.45) is 0 Å². The normalized spacial score (nSPS) is 14.0. The van der Waals surface area contributed by atoms with Crippen LogP contribution in [0, 0.1) is 11.6 Å². The van der Waals surface area contributed by atoms with Gasteiger partial charge in [-0.1, -0.05) is 23.4 Å². The number of halogens is 3. The number of nitrogens with zero attached hydrogens (tertiary/aromatic N) is 3. The molecular weight excluding hydrogens is 470 g/mol. The molecule has 2 aromatic carbocycles. The van der Waals surface area contributed by atoms with Crippen molar-refractivity contribution < 1.29 is 22.0 Å². The zero-order chi connectivity index (χ0) is 22.3. The second-order valence-corrected chi connectivity index (χ2v) is 9.78. The van der Waals surface area contributed by atoms with Crippen LogP contribution in [-0.4, -0.2) is 37.1 Å². The van der Waals surface area contributed by atoms with E-state index in [1.807, 2.05) is 0 Å². The first kappa shape index (κ1) is 21.5. The zero-order valence-electron chi connectivity index (χ0n) is 15.8. The number of rotatable bonds is 4. The zero-order valence-corrected chi connectivity index (χ0v) is 18.2. The second kappa shape index (κ2) is 8.06. The van der Waals surface area contributed by atoms with Crippen LogP contribution in [0.1, 0.15) is 0 Å².